The standard InChI is InChI=1S/C10H19O2/c1-4-7-9(8-5-2)10(11)12-6-3/h9H,3-8H2,1-2H3. The minimum Gasteiger partial charge on any atom is -0.465 e. The highest BCUT2D eigenvalue weighted by atomic mass is 16.5. The van der Waals surface area contributed by atoms with E-state index in [1.807, 2.05) is 0 Å². The summed E-state index contributed by atoms with van der Waals surface area (Å²) in [7, 11) is 0. The Hall–Kier alpha value is -0.530. The van der Waals surface area contributed by atoms with E-state index in [-0.39, 0.29) is 18.5 Å². The van der Waals surface area contributed by atoms with Crippen LogP contribution in [0.3, 0.4) is 0 Å². The molecule has 0 saturated carbocycles. The molecule has 0 N–H and O–H groups in total. The molecule has 0 unspecified atom stereocenters. The van der Waals surface area contributed by atoms with Gasteiger partial charge >= 0.3 is 5.97 Å². The Balaban J connectivity index is 3.81. The molecule has 0 amide bonds. The van der Waals surface area contributed by atoms with E-state index in [1.54, 1.807) is 0 Å². The van der Waals surface area contributed by atoms with E-state index in [9.17, 15) is 4.79 Å². The third kappa shape index (κ3) is 4.37. The average Bonchev–Trinajstić information content (AvgIpc) is 2.04. The van der Waals surface area contributed by atoms with Crippen molar-refractivity contribution in [2.75, 3.05) is 6.61 Å². The average molecular weight is 171 g/mol. The van der Waals surface area contributed by atoms with Crippen molar-refractivity contribution in [3.8, 4) is 0 Å². The highest BCUT2D eigenvalue weighted by Gasteiger charge is 2.16. The first-order chi connectivity index (χ1) is 5.76. The second-order valence-electron chi connectivity index (χ2n) is 2.94. The number of carbonyl (C=O) groups is 1. The monoisotopic (exact) mass is 171 g/mol. The highest BCUT2D eigenvalue weighted by molar-refractivity contribution is 5.72. The molecule has 0 fully saturated rings. The zero-order chi connectivity index (χ0) is 9.40. The Morgan fingerprint density at radius 2 is 1.83 bits per heavy atom. The van der Waals surface area contributed by atoms with Crippen molar-refractivity contribution in [2.45, 2.75) is 39.5 Å². The normalized spacial score (nSPS) is 10.3. The van der Waals surface area contributed by atoms with E-state index in [4.69, 9.17) is 4.74 Å². The van der Waals surface area contributed by atoms with Crippen LogP contribution in [0.1, 0.15) is 39.5 Å². The summed E-state index contributed by atoms with van der Waals surface area (Å²) in [5.74, 6) is 0.0236. The zero-order valence-electron chi connectivity index (χ0n) is 8.14. The van der Waals surface area contributed by atoms with Crippen LogP contribution in [0.25, 0.3) is 0 Å². The van der Waals surface area contributed by atoms with Crippen LogP contribution in [-0.2, 0) is 9.53 Å². The van der Waals surface area contributed by atoms with Crippen molar-refractivity contribution in [3.63, 3.8) is 0 Å². The topological polar surface area (TPSA) is 26.3 Å². The fourth-order valence-electron chi connectivity index (χ4n) is 1.30. The molecule has 0 heterocycles. The lowest BCUT2D eigenvalue weighted by Crippen LogP contribution is -2.17. The van der Waals surface area contributed by atoms with Crippen LogP contribution in [0, 0.1) is 12.8 Å². The minimum atomic E-state index is -0.0753. The van der Waals surface area contributed by atoms with Crippen LogP contribution in [0.15, 0.2) is 0 Å². The molecule has 0 aromatic carbocycles. The van der Waals surface area contributed by atoms with Crippen molar-refractivity contribution in [2.24, 2.45) is 5.92 Å². The lowest BCUT2D eigenvalue weighted by molar-refractivity contribution is -0.147. The SMILES string of the molecule is [CH2]COC(=O)C(CCC)CCC. The van der Waals surface area contributed by atoms with Gasteiger partial charge in [0.1, 0.15) is 0 Å². The Bertz CT molecular complexity index is 115. The Morgan fingerprint density at radius 1 is 1.33 bits per heavy atom. The largest absolute Gasteiger partial charge is 0.465 e. The van der Waals surface area contributed by atoms with Crippen LogP contribution in [0.2, 0.25) is 0 Å². The van der Waals surface area contributed by atoms with Crippen molar-refractivity contribution in [1.82, 2.24) is 0 Å². The maximum Gasteiger partial charge on any atom is 0.308 e. The van der Waals surface area contributed by atoms with Gasteiger partial charge in [-0.3, -0.25) is 4.79 Å². The molecule has 71 valence electrons. The fourth-order valence-corrected chi connectivity index (χ4v) is 1.30. The van der Waals surface area contributed by atoms with E-state index >= 15 is 0 Å². The van der Waals surface area contributed by atoms with Gasteiger partial charge in [-0.15, -0.1) is 0 Å². The second kappa shape index (κ2) is 7.14. The first-order valence-corrected chi connectivity index (χ1v) is 4.72. The Labute approximate surface area is 75.3 Å². The summed E-state index contributed by atoms with van der Waals surface area (Å²) in [5, 5.41) is 0. The molecule has 1 radical (unpaired) electrons. The summed E-state index contributed by atoms with van der Waals surface area (Å²) in [6, 6.07) is 0. The van der Waals surface area contributed by atoms with E-state index in [0.29, 0.717) is 0 Å². The van der Waals surface area contributed by atoms with Crippen LogP contribution in [0.5, 0.6) is 0 Å². The molecular formula is C10H19O2. The van der Waals surface area contributed by atoms with Gasteiger partial charge in [0.05, 0.1) is 12.5 Å². The molecule has 0 aromatic heterocycles. The van der Waals surface area contributed by atoms with Crippen LogP contribution in [-0.4, -0.2) is 12.6 Å². The number of carbonyl (C=O) groups excluding carboxylic acids is 1. The van der Waals surface area contributed by atoms with Gasteiger partial charge in [-0.25, -0.2) is 0 Å². The lowest BCUT2D eigenvalue weighted by atomic mass is 9.99. The minimum absolute atomic E-state index is 0.0753. The molecule has 2 nitrogen and oxygen atoms in total. The smallest absolute Gasteiger partial charge is 0.308 e. The van der Waals surface area contributed by atoms with Gasteiger partial charge in [-0.05, 0) is 19.8 Å². The summed E-state index contributed by atoms with van der Waals surface area (Å²) >= 11 is 0. The van der Waals surface area contributed by atoms with Crippen LogP contribution < -0.4 is 0 Å². The quantitative estimate of drug-likeness (QED) is 0.574. The number of esters is 1. The van der Waals surface area contributed by atoms with Crippen molar-refractivity contribution < 1.29 is 9.53 Å². The molecule has 0 atom stereocenters. The van der Waals surface area contributed by atoms with E-state index in [0.717, 1.165) is 25.7 Å². The summed E-state index contributed by atoms with van der Waals surface area (Å²) in [5.41, 5.74) is 0. The Kier molecular flexibility index (Phi) is 6.82. The first-order valence-electron chi connectivity index (χ1n) is 4.72. The summed E-state index contributed by atoms with van der Waals surface area (Å²) in [6.07, 6.45) is 3.95. The summed E-state index contributed by atoms with van der Waals surface area (Å²) in [6.45, 7) is 7.90. The van der Waals surface area contributed by atoms with Gasteiger partial charge in [0.25, 0.3) is 0 Å². The maximum absolute atomic E-state index is 11.3. The molecule has 0 aliphatic heterocycles. The van der Waals surface area contributed by atoms with E-state index in [2.05, 4.69) is 20.8 Å². The molecule has 0 aliphatic carbocycles. The second-order valence-corrected chi connectivity index (χ2v) is 2.94. The zero-order valence-corrected chi connectivity index (χ0v) is 8.14. The molecule has 12 heavy (non-hydrogen) atoms. The summed E-state index contributed by atoms with van der Waals surface area (Å²) < 4.78 is 4.86. The maximum atomic E-state index is 11.3. The van der Waals surface area contributed by atoms with Crippen molar-refractivity contribution >= 4 is 5.97 Å². The molecule has 0 aromatic rings. The van der Waals surface area contributed by atoms with Gasteiger partial charge in [-0.1, -0.05) is 26.7 Å². The first kappa shape index (κ1) is 11.5. The van der Waals surface area contributed by atoms with E-state index < -0.39 is 0 Å². The van der Waals surface area contributed by atoms with Gasteiger partial charge in [0, 0.05) is 0 Å². The molecule has 0 aliphatic rings. The predicted octanol–water partition coefficient (Wildman–Crippen LogP) is 2.58. The molecule has 0 spiro atoms. The number of hydrogen-bond acceptors (Lipinski definition) is 2. The highest BCUT2D eigenvalue weighted by Crippen LogP contribution is 2.14. The molecule has 0 bridgehead atoms. The molecule has 2 heteroatoms. The lowest BCUT2D eigenvalue weighted by Gasteiger charge is -2.12. The number of hydrogen-bond donors (Lipinski definition) is 0. The molecule has 0 rings (SSSR count). The Morgan fingerprint density at radius 3 is 2.17 bits per heavy atom. The van der Waals surface area contributed by atoms with Crippen molar-refractivity contribution in [3.05, 3.63) is 6.92 Å². The van der Waals surface area contributed by atoms with Gasteiger partial charge in [0.2, 0.25) is 0 Å². The van der Waals surface area contributed by atoms with Crippen molar-refractivity contribution in [1.29, 1.82) is 0 Å². The number of rotatable bonds is 6. The predicted molar refractivity (Wildman–Crippen MR) is 49.6 cm³/mol. The van der Waals surface area contributed by atoms with E-state index in [1.165, 1.54) is 0 Å². The molecular weight excluding hydrogens is 152 g/mol. The number of ether oxygens (including phenoxy) is 1. The van der Waals surface area contributed by atoms with Crippen LogP contribution in [0.4, 0.5) is 0 Å². The fraction of sp³-hybridized carbons (Fsp3) is 0.800. The van der Waals surface area contributed by atoms with Gasteiger partial charge in [-0.2, -0.15) is 0 Å². The van der Waals surface area contributed by atoms with Crippen LogP contribution >= 0.6 is 0 Å². The third-order valence-corrected chi connectivity index (χ3v) is 1.85. The molecule has 0 saturated heterocycles. The summed E-state index contributed by atoms with van der Waals surface area (Å²) in [4.78, 5) is 11.3. The third-order valence-electron chi connectivity index (χ3n) is 1.85. The van der Waals surface area contributed by atoms with Gasteiger partial charge in [0.15, 0.2) is 0 Å². The van der Waals surface area contributed by atoms with Gasteiger partial charge < -0.3 is 4.74 Å².